The topological polar surface area (TPSA) is 112 Å². The molecule has 0 bridgehead atoms. The van der Waals surface area contributed by atoms with E-state index in [1.165, 1.54) is 19.3 Å². The number of ether oxygens (including phenoxy) is 1. The number of nitrogens with one attached hydrogen (secondary N) is 1. The molecule has 0 unspecified atom stereocenters. The lowest BCUT2D eigenvalue weighted by Crippen LogP contribution is -2.32. The number of esters is 1. The fourth-order valence-corrected chi connectivity index (χ4v) is 1.09. The first kappa shape index (κ1) is 13.8. The maximum absolute atomic E-state index is 11.4. The second-order valence-electron chi connectivity index (χ2n) is 3.52. The normalized spacial score (nSPS) is 11.6. The summed E-state index contributed by atoms with van der Waals surface area (Å²) in [7, 11) is 0. The van der Waals surface area contributed by atoms with Gasteiger partial charge >= 0.3 is 5.97 Å². The van der Waals surface area contributed by atoms with Crippen molar-refractivity contribution in [2.24, 2.45) is 5.73 Å². The fourth-order valence-electron chi connectivity index (χ4n) is 1.09. The molecule has 7 nitrogen and oxygen atoms in total. The number of furan rings is 1. The van der Waals surface area contributed by atoms with Crippen molar-refractivity contribution >= 4 is 17.8 Å². The van der Waals surface area contributed by atoms with Gasteiger partial charge in [-0.1, -0.05) is 0 Å². The van der Waals surface area contributed by atoms with Crippen LogP contribution in [0.15, 0.2) is 22.8 Å². The molecule has 7 heteroatoms. The lowest BCUT2D eigenvalue weighted by atomic mass is 10.3. The van der Waals surface area contributed by atoms with E-state index in [0.717, 1.165) is 0 Å². The Morgan fingerprint density at radius 3 is 2.78 bits per heavy atom. The van der Waals surface area contributed by atoms with Gasteiger partial charge in [-0.2, -0.15) is 0 Å². The zero-order chi connectivity index (χ0) is 13.5. The summed E-state index contributed by atoms with van der Waals surface area (Å²) >= 11 is 0. The highest BCUT2D eigenvalue weighted by Gasteiger charge is 2.14. The first-order chi connectivity index (χ1) is 8.50. The molecule has 0 radical (unpaired) electrons. The maximum Gasteiger partial charge on any atom is 0.308 e. The molecule has 1 aromatic rings. The van der Waals surface area contributed by atoms with Crippen LogP contribution in [-0.2, 0) is 14.3 Å². The largest absolute Gasteiger partial charge is 0.459 e. The molecule has 1 rings (SSSR count). The molecule has 3 N–H and O–H groups in total. The average Bonchev–Trinajstić information content (AvgIpc) is 2.81. The van der Waals surface area contributed by atoms with Crippen molar-refractivity contribution in [2.45, 2.75) is 19.4 Å². The molecule has 2 amide bonds. The monoisotopic (exact) mass is 254 g/mol. The van der Waals surface area contributed by atoms with Crippen LogP contribution in [0.2, 0.25) is 0 Å². The molecule has 0 saturated heterocycles. The van der Waals surface area contributed by atoms with Crippen LogP contribution >= 0.6 is 0 Å². The number of nitrogens with two attached hydrogens (primary N) is 1. The van der Waals surface area contributed by atoms with Crippen molar-refractivity contribution in [3.05, 3.63) is 24.2 Å². The molecule has 1 heterocycles. The zero-order valence-corrected chi connectivity index (χ0v) is 9.84. The Hall–Kier alpha value is -2.31. The predicted molar refractivity (Wildman–Crippen MR) is 60.4 cm³/mol. The number of hydrogen-bond donors (Lipinski definition) is 2. The number of rotatable bonds is 6. The van der Waals surface area contributed by atoms with Crippen molar-refractivity contribution in [3.8, 4) is 0 Å². The van der Waals surface area contributed by atoms with E-state index in [4.69, 9.17) is 14.9 Å². The van der Waals surface area contributed by atoms with Crippen LogP contribution < -0.4 is 11.1 Å². The lowest BCUT2D eigenvalue weighted by Gasteiger charge is -2.09. The SMILES string of the molecule is C[C@H](OC(=O)CCNC(=O)c1ccco1)C(N)=O. The van der Waals surface area contributed by atoms with Gasteiger partial charge in [0.2, 0.25) is 0 Å². The van der Waals surface area contributed by atoms with Gasteiger partial charge in [-0.05, 0) is 19.1 Å². The van der Waals surface area contributed by atoms with Crippen molar-refractivity contribution in [3.63, 3.8) is 0 Å². The first-order valence-corrected chi connectivity index (χ1v) is 5.31. The standard InChI is InChI=1S/C11H14N2O5/c1-7(10(12)15)18-9(14)4-5-13-11(16)8-3-2-6-17-8/h2-3,6-7H,4-5H2,1H3,(H2,12,15)(H,13,16)/t7-/m0/s1. The summed E-state index contributed by atoms with van der Waals surface area (Å²) in [4.78, 5) is 33.2. The molecule has 0 aliphatic carbocycles. The van der Waals surface area contributed by atoms with Gasteiger partial charge in [-0.3, -0.25) is 14.4 Å². The Labute approximate surface area is 103 Å². The number of primary amides is 1. The Balaban J connectivity index is 2.24. The van der Waals surface area contributed by atoms with E-state index in [-0.39, 0.29) is 18.7 Å². The highest BCUT2D eigenvalue weighted by Crippen LogP contribution is 1.99. The van der Waals surface area contributed by atoms with E-state index < -0.39 is 23.9 Å². The van der Waals surface area contributed by atoms with E-state index in [1.807, 2.05) is 0 Å². The highest BCUT2D eigenvalue weighted by atomic mass is 16.5. The Morgan fingerprint density at radius 1 is 1.50 bits per heavy atom. The summed E-state index contributed by atoms with van der Waals surface area (Å²) in [5, 5.41) is 2.47. The summed E-state index contributed by atoms with van der Waals surface area (Å²) < 4.78 is 9.56. The van der Waals surface area contributed by atoms with E-state index in [9.17, 15) is 14.4 Å². The first-order valence-electron chi connectivity index (χ1n) is 5.31. The van der Waals surface area contributed by atoms with Gasteiger partial charge < -0.3 is 20.2 Å². The maximum atomic E-state index is 11.4. The van der Waals surface area contributed by atoms with Crippen molar-refractivity contribution in [1.82, 2.24) is 5.32 Å². The number of amides is 2. The Morgan fingerprint density at radius 2 is 2.22 bits per heavy atom. The van der Waals surface area contributed by atoms with Gasteiger partial charge in [0.05, 0.1) is 12.7 Å². The second-order valence-corrected chi connectivity index (χ2v) is 3.52. The van der Waals surface area contributed by atoms with E-state index in [1.54, 1.807) is 6.07 Å². The molecular formula is C11H14N2O5. The molecule has 18 heavy (non-hydrogen) atoms. The molecule has 1 atom stereocenters. The summed E-state index contributed by atoms with van der Waals surface area (Å²) in [5.41, 5.74) is 4.93. The minimum absolute atomic E-state index is 0.0515. The minimum Gasteiger partial charge on any atom is -0.459 e. The van der Waals surface area contributed by atoms with E-state index in [0.29, 0.717) is 0 Å². The van der Waals surface area contributed by atoms with Crippen LogP contribution in [0.3, 0.4) is 0 Å². The second kappa shape index (κ2) is 6.43. The van der Waals surface area contributed by atoms with Crippen LogP contribution in [0, 0.1) is 0 Å². The van der Waals surface area contributed by atoms with Gasteiger partial charge in [0.1, 0.15) is 0 Å². The summed E-state index contributed by atoms with van der Waals surface area (Å²) in [6.45, 7) is 1.46. The minimum atomic E-state index is -0.974. The molecule has 0 saturated carbocycles. The van der Waals surface area contributed by atoms with Gasteiger partial charge in [-0.25, -0.2) is 0 Å². The van der Waals surface area contributed by atoms with Crippen LogP contribution in [0.5, 0.6) is 0 Å². The third-order valence-corrected chi connectivity index (χ3v) is 2.07. The Bertz CT molecular complexity index is 427. The molecule has 0 fully saturated rings. The molecule has 98 valence electrons. The third-order valence-electron chi connectivity index (χ3n) is 2.07. The predicted octanol–water partition coefficient (Wildman–Crippen LogP) is -0.183. The zero-order valence-electron chi connectivity index (χ0n) is 9.84. The van der Waals surface area contributed by atoms with Crippen molar-refractivity contribution in [1.29, 1.82) is 0 Å². The molecular weight excluding hydrogens is 240 g/mol. The summed E-state index contributed by atoms with van der Waals surface area (Å²) in [5.74, 6) is -1.59. The van der Waals surface area contributed by atoms with Crippen LogP contribution in [0.4, 0.5) is 0 Å². The molecule has 1 aromatic heterocycles. The van der Waals surface area contributed by atoms with Gasteiger partial charge in [-0.15, -0.1) is 0 Å². The Kier molecular flexibility index (Phi) is 4.91. The van der Waals surface area contributed by atoms with Crippen molar-refractivity contribution < 1.29 is 23.5 Å². The quantitative estimate of drug-likeness (QED) is 0.684. The number of carbonyl (C=O) groups is 3. The third kappa shape index (κ3) is 4.28. The van der Waals surface area contributed by atoms with Crippen LogP contribution in [-0.4, -0.2) is 30.4 Å². The molecule has 0 spiro atoms. The van der Waals surface area contributed by atoms with Crippen molar-refractivity contribution in [2.75, 3.05) is 6.54 Å². The molecule has 0 aromatic carbocycles. The average molecular weight is 254 g/mol. The summed E-state index contributed by atoms with van der Waals surface area (Å²) in [6, 6.07) is 3.08. The number of carbonyl (C=O) groups excluding carboxylic acids is 3. The van der Waals surface area contributed by atoms with Gasteiger partial charge in [0.15, 0.2) is 11.9 Å². The van der Waals surface area contributed by atoms with Crippen LogP contribution in [0.1, 0.15) is 23.9 Å². The van der Waals surface area contributed by atoms with Crippen LogP contribution in [0.25, 0.3) is 0 Å². The highest BCUT2D eigenvalue weighted by molar-refractivity contribution is 5.91. The smallest absolute Gasteiger partial charge is 0.308 e. The van der Waals surface area contributed by atoms with Gasteiger partial charge in [0.25, 0.3) is 11.8 Å². The van der Waals surface area contributed by atoms with E-state index >= 15 is 0 Å². The molecule has 0 aliphatic heterocycles. The molecule has 0 aliphatic rings. The fraction of sp³-hybridized carbons (Fsp3) is 0.364. The van der Waals surface area contributed by atoms with E-state index in [2.05, 4.69) is 5.32 Å². The van der Waals surface area contributed by atoms with Gasteiger partial charge in [0, 0.05) is 6.54 Å². The summed E-state index contributed by atoms with van der Waals surface area (Å²) in [6.07, 6.45) is 0.347. The number of hydrogen-bond acceptors (Lipinski definition) is 5. The lowest BCUT2D eigenvalue weighted by molar-refractivity contribution is -0.153.